The molecule has 1 heterocycles. The van der Waals surface area contributed by atoms with Gasteiger partial charge in [-0.2, -0.15) is 0 Å². The predicted octanol–water partition coefficient (Wildman–Crippen LogP) is 1.57. The number of ether oxygens (including phenoxy) is 2. The molecule has 2 fully saturated rings. The topological polar surface area (TPSA) is 30.5 Å². The molecule has 1 atom stereocenters. The maximum absolute atomic E-state index is 5.63. The molecule has 0 aromatic heterocycles. The van der Waals surface area contributed by atoms with Gasteiger partial charge in [-0.1, -0.05) is 6.42 Å². The quantitative estimate of drug-likeness (QED) is 0.651. The lowest BCUT2D eigenvalue weighted by atomic mass is 9.93. The first-order valence-electron chi connectivity index (χ1n) is 6.34. The van der Waals surface area contributed by atoms with Gasteiger partial charge in [-0.05, 0) is 32.2 Å². The highest BCUT2D eigenvalue weighted by molar-refractivity contribution is 4.75. The van der Waals surface area contributed by atoms with E-state index in [9.17, 15) is 0 Å². The summed E-state index contributed by atoms with van der Waals surface area (Å²) in [7, 11) is 0. The Kier molecular flexibility index (Phi) is 4.90. The monoisotopic (exact) mass is 213 g/mol. The van der Waals surface area contributed by atoms with E-state index < -0.39 is 0 Å². The van der Waals surface area contributed by atoms with Crippen LogP contribution in [0.3, 0.4) is 0 Å². The Balaban J connectivity index is 1.35. The van der Waals surface area contributed by atoms with E-state index in [0.29, 0.717) is 5.92 Å². The molecule has 0 aromatic rings. The molecule has 0 aromatic carbocycles. The van der Waals surface area contributed by atoms with Crippen LogP contribution in [-0.4, -0.2) is 39.0 Å². The second-order valence-electron chi connectivity index (χ2n) is 4.74. The molecule has 1 aliphatic carbocycles. The van der Waals surface area contributed by atoms with Crippen molar-refractivity contribution in [3.05, 3.63) is 0 Å². The molecule has 3 nitrogen and oxygen atoms in total. The van der Waals surface area contributed by atoms with Crippen molar-refractivity contribution >= 4 is 0 Å². The molecular weight excluding hydrogens is 190 g/mol. The van der Waals surface area contributed by atoms with Crippen molar-refractivity contribution in [3.63, 3.8) is 0 Å². The summed E-state index contributed by atoms with van der Waals surface area (Å²) in [6.45, 7) is 4.74. The Bertz CT molecular complexity index is 165. The van der Waals surface area contributed by atoms with E-state index in [4.69, 9.17) is 9.47 Å². The number of nitrogens with one attached hydrogen (secondary N) is 1. The molecule has 88 valence electrons. The van der Waals surface area contributed by atoms with Gasteiger partial charge in [0.25, 0.3) is 0 Å². The number of hydrogen-bond acceptors (Lipinski definition) is 3. The first kappa shape index (κ1) is 11.4. The van der Waals surface area contributed by atoms with Crippen LogP contribution in [0, 0.1) is 5.92 Å². The lowest BCUT2D eigenvalue weighted by Gasteiger charge is -2.26. The first-order valence-corrected chi connectivity index (χ1v) is 6.34. The van der Waals surface area contributed by atoms with Crippen molar-refractivity contribution in [1.82, 2.24) is 5.32 Å². The van der Waals surface area contributed by atoms with E-state index in [1.165, 1.54) is 25.7 Å². The normalized spacial score (nSPS) is 26.8. The summed E-state index contributed by atoms with van der Waals surface area (Å²) in [5.74, 6) is 0.657. The Labute approximate surface area is 92.5 Å². The maximum atomic E-state index is 5.63. The molecule has 15 heavy (non-hydrogen) atoms. The molecule has 3 heteroatoms. The maximum Gasteiger partial charge on any atom is 0.0517 e. The summed E-state index contributed by atoms with van der Waals surface area (Å²) >= 11 is 0. The fourth-order valence-electron chi connectivity index (χ4n) is 2.06. The van der Waals surface area contributed by atoms with Crippen molar-refractivity contribution < 1.29 is 9.47 Å². The summed E-state index contributed by atoms with van der Waals surface area (Å²) < 4.78 is 10.9. The van der Waals surface area contributed by atoms with E-state index in [0.717, 1.165) is 45.4 Å². The van der Waals surface area contributed by atoms with Crippen LogP contribution in [0.25, 0.3) is 0 Å². The Morgan fingerprint density at radius 2 is 2.20 bits per heavy atom. The van der Waals surface area contributed by atoms with Crippen molar-refractivity contribution in [3.8, 4) is 0 Å². The lowest BCUT2D eigenvalue weighted by molar-refractivity contribution is 0.0875. The molecule has 1 unspecified atom stereocenters. The van der Waals surface area contributed by atoms with Gasteiger partial charge >= 0.3 is 0 Å². The smallest absolute Gasteiger partial charge is 0.0517 e. The molecule has 0 radical (unpaired) electrons. The van der Waals surface area contributed by atoms with Gasteiger partial charge in [0.1, 0.15) is 0 Å². The van der Waals surface area contributed by atoms with E-state index in [1.54, 1.807) is 0 Å². The summed E-state index contributed by atoms with van der Waals surface area (Å²) in [4.78, 5) is 0. The Hall–Kier alpha value is -0.120. The Morgan fingerprint density at radius 3 is 2.87 bits per heavy atom. The van der Waals surface area contributed by atoms with Gasteiger partial charge in [-0.15, -0.1) is 0 Å². The van der Waals surface area contributed by atoms with Crippen LogP contribution >= 0.6 is 0 Å². The highest BCUT2D eigenvalue weighted by Gasteiger charge is 2.16. The molecular formula is C12H23NO2. The zero-order valence-electron chi connectivity index (χ0n) is 9.54. The van der Waals surface area contributed by atoms with E-state index in [2.05, 4.69) is 5.32 Å². The first-order chi connectivity index (χ1) is 7.45. The molecule has 0 spiro atoms. The molecule has 1 saturated heterocycles. The van der Waals surface area contributed by atoms with Crippen LogP contribution in [0.5, 0.6) is 0 Å². The molecule has 1 N–H and O–H groups in total. The lowest BCUT2D eigenvalue weighted by Crippen LogP contribution is -2.36. The fraction of sp³-hybridized carbons (Fsp3) is 1.00. The largest absolute Gasteiger partial charge is 0.381 e. The van der Waals surface area contributed by atoms with Gasteiger partial charge in [0, 0.05) is 25.2 Å². The van der Waals surface area contributed by atoms with E-state index in [-0.39, 0.29) is 0 Å². The highest BCUT2D eigenvalue weighted by atomic mass is 16.5. The molecule has 2 rings (SSSR count). The van der Waals surface area contributed by atoms with Gasteiger partial charge in [0.05, 0.1) is 13.2 Å². The van der Waals surface area contributed by atoms with Crippen molar-refractivity contribution in [1.29, 1.82) is 0 Å². The third-order valence-electron chi connectivity index (χ3n) is 3.38. The minimum atomic E-state index is 0.657. The van der Waals surface area contributed by atoms with Crippen molar-refractivity contribution in [2.24, 2.45) is 5.92 Å². The molecule has 1 aliphatic heterocycles. The van der Waals surface area contributed by atoms with Crippen LogP contribution in [-0.2, 0) is 9.47 Å². The van der Waals surface area contributed by atoms with Crippen LogP contribution in [0.4, 0.5) is 0 Å². The van der Waals surface area contributed by atoms with E-state index >= 15 is 0 Å². The average molecular weight is 213 g/mol. The Morgan fingerprint density at radius 1 is 1.27 bits per heavy atom. The predicted molar refractivity (Wildman–Crippen MR) is 60.0 cm³/mol. The number of hydrogen-bond donors (Lipinski definition) is 1. The SMILES string of the molecule is C(CNC1CCC1)COCC1CCOC1. The molecule has 2 aliphatic rings. The zero-order valence-corrected chi connectivity index (χ0v) is 9.54. The molecule has 1 saturated carbocycles. The second kappa shape index (κ2) is 6.46. The standard InChI is InChI=1S/C12H23NO2/c1-3-12(4-1)13-6-2-7-14-9-11-5-8-15-10-11/h11-13H,1-10H2. The fourth-order valence-corrected chi connectivity index (χ4v) is 2.06. The van der Waals surface area contributed by atoms with Gasteiger partial charge in [0.15, 0.2) is 0 Å². The van der Waals surface area contributed by atoms with Crippen LogP contribution < -0.4 is 5.32 Å². The van der Waals surface area contributed by atoms with Crippen molar-refractivity contribution in [2.45, 2.75) is 38.1 Å². The van der Waals surface area contributed by atoms with Gasteiger partial charge in [0.2, 0.25) is 0 Å². The average Bonchev–Trinajstić information content (AvgIpc) is 2.66. The van der Waals surface area contributed by atoms with Gasteiger partial charge < -0.3 is 14.8 Å². The van der Waals surface area contributed by atoms with Gasteiger partial charge in [-0.25, -0.2) is 0 Å². The van der Waals surface area contributed by atoms with Crippen LogP contribution in [0.2, 0.25) is 0 Å². The molecule has 0 bridgehead atoms. The number of rotatable bonds is 7. The summed E-state index contributed by atoms with van der Waals surface area (Å²) in [5.41, 5.74) is 0. The van der Waals surface area contributed by atoms with E-state index in [1.807, 2.05) is 0 Å². The highest BCUT2D eigenvalue weighted by Crippen LogP contribution is 2.17. The van der Waals surface area contributed by atoms with Gasteiger partial charge in [-0.3, -0.25) is 0 Å². The van der Waals surface area contributed by atoms with Crippen LogP contribution in [0.1, 0.15) is 32.1 Å². The zero-order chi connectivity index (χ0) is 10.3. The van der Waals surface area contributed by atoms with Crippen LogP contribution in [0.15, 0.2) is 0 Å². The van der Waals surface area contributed by atoms with Crippen molar-refractivity contribution in [2.75, 3.05) is 33.0 Å². The summed E-state index contributed by atoms with van der Waals surface area (Å²) in [6.07, 6.45) is 6.49. The second-order valence-corrected chi connectivity index (χ2v) is 4.74. The minimum absolute atomic E-state index is 0.657. The summed E-state index contributed by atoms with van der Waals surface area (Å²) in [5, 5.41) is 3.54. The third kappa shape index (κ3) is 4.09. The summed E-state index contributed by atoms with van der Waals surface area (Å²) in [6, 6.07) is 0.813. The minimum Gasteiger partial charge on any atom is -0.381 e. The third-order valence-corrected chi connectivity index (χ3v) is 3.38. The molecule has 0 amide bonds.